The molecular weight excluding hydrogens is 268 g/mol. The highest BCUT2D eigenvalue weighted by molar-refractivity contribution is 5.82. The number of aliphatic carboxylic acids is 1. The molecule has 0 amide bonds. The second kappa shape index (κ2) is 5.35. The smallest absolute Gasteiger partial charge is 0.303 e. The van der Waals surface area contributed by atoms with Gasteiger partial charge in [-0.2, -0.15) is 5.10 Å². The Kier molecular flexibility index (Phi) is 3.53. The van der Waals surface area contributed by atoms with Crippen LogP contribution in [-0.2, 0) is 18.3 Å². The molecule has 3 rings (SSSR count). The van der Waals surface area contributed by atoms with Gasteiger partial charge in [0.2, 0.25) is 0 Å². The molecule has 1 fully saturated rings. The maximum atomic E-state index is 10.9. The van der Waals surface area contributed by atoms with Crippen LogP contribution in [-0.4, -0.2) is 38.9 Å². The van der Waals surface area contributed by atoms with Crippen molar-refractivity contribution in [2.24, 2.45) is 7.05 Å². The zero-order valence-corrected chi connectivity index (χ0v) is 12.5. The Morgan fingerprint density at radius 3 is 2.76 bits per heavy atom. The van der Waals surface area contributed by atoms with Gasteiger partial charge in [-0.15, -0.1) is 0 Å². The van der Waals surface area contributed by atoms with Crippen LogP contribution >= 0.6 is 0 Å². The highest BCUT2D eigenvalue weighted by Crippen LogP contribution is 2.28. The summed E-state index contributed by atoms with van der Waals surface area (Å²) in [7, 11) is 1.90. The lowest BCUT2D eigenvalue weighted by Gasteiger charge is -2.20. The molecule has 1 N–H and O–H groups in total. The Balaban J connectivity index is 2.08. The van der Waals surface area contributed by atoms with Crippen LogP contribution in [0.15, 0.2) is 6.07 Å². The third-order valence-corrected chi connectivity index (χ3v) is 4.07. The topological polar surface area (TPSA) is 71.2 Å². The molecule has 3 heterocycles. The van der Waals surface area contributed by atoms with E-state index in [9.17, 15) is 4.79 Å². The monoisotopic (exact) mass is 288 g/mol. The van der Waals surface area contributed by atoms with Crippen LogP contribution in [0, 0.1) is 6.92 Å². The van der Waals surface area contributed by atoms with E-state index in [1.807, 2.05) is 14.0 Å². The Labute approximate surface area is 123 Å². The van der Waals surface area contributed by atoms with E-state index in [0.717, 1.165) is 41.2 Å². The molecule has 0 bridgehead atoms. The lowest BCUT2D eigenvalue weighted by Crippen LogP contribution is -2.21. The van der Waals surface area contributed by atoms with Gasteiger partial charge in [0, 0.05) is 31.9 Å². The average molecular weight is 288 g/mol. The molecule has 0 aromatic carbocycles. The number of nitrogens with zero attached hydrogens (tertiary/aromatic N) is 4. The third kappa shape index (κ3) is 2.57. The number of aryl methyl sites for hydroxylation is 3. The Bertz CT molecular complexity index is 687. The van der Waals surface area contributed by atoms with Gasteiger partial charge in [-0.05, 0) is 37.8 Å². The second-order valence-corrected chi connectivity index (χ2v) is 5.64. The van der Waals surface area contributed by atoms with Gasteiger partial charge >= 0.3 is 5.97 Å². The van der Waals surface area contributed by atoms with E-state index in [1.165, 1.54) is 12.8 Å². The SMILES string of the molecule is Cc1nn(C)c2nc(N3CCCC3)c(CCC(=O)O)cc12. The summed E-state index contributed by atoms with van der Waals surface area (Å²) in [6.07, 6.45) is 2.98. The van der Waals surface area contributed by atoms with Crippen LogP contribution in [0.25, 0.3) is 11.0 Å². The van der Waals surface area contributed by atoms with E-state index in [2.05, 4.69) is 16.1 Å². The highest BCUT2D eigenvalue weighted by atomic mass is 16.4. The summed E-state index contributed by atoms with van der Waals surface area (Å²) in [5, 5.41) is 14.4. The van der Waals surface area contributed by atoms with Crippen LogP contribution in [0.2, 0.25) is 0 Å². The number of carboxylic acid groups (broad SMARTS) is 1. The molecule has 2 aromatic heterocycles. The standard InChI is InChI=1S/C15H20N4O2/c1-10-12-9-11(5-6-13(20)21)14(19-7-3-4-8-19)16-15(12)18(2)17-10/h9H,3-8H2,1-2H3,(H,20,21). The fourth-order valence-electron chi connectivity index (χ4n) is 3.00. The lowest BCUT2D eigenvalue weighted by molar-refractivity contribution is -0.136. The van der Waals surface area contributed by atoms with E-state index in [1.54, 1.807) is 4.68 Å². The lowest BCUT2D eigenvalue weighted by atomic mass is 10.1. The molecule has 0 saturated carbocycles. The quantitative estimate of drug-likeness (QED) is 0.930. The minimum atomic E-state index is -0.773. The first-order chi connectivity index (χ1) is 10.1. The molecule has 2 aromatic rings. The number of fused-ring (bicyclic) bond motifs is 1. The number of hydrogen-bond acceptors (Lipinski definition) is 4. The van der Waals surface area contributed by atoms with Crippen molar-refractivity contribution in [2.75, 3.05) is 18.0 Å². The highest BCUT2D eigenvalue weighted by Gasteiger charge is 2.20. The number of aromatic nitrogens is 3. The molecular formula is C15H20N4O2. The van der Waals surface area contributed by atoms with E-state index in [0.29, 0.717) is 6.42 Å². The summed E-state index contributed by atoms with van der Waals surface area (Å²) in [6.45, 7) is 3.95. The van der Waals surface area contributed by atoms with Crippen molar-refractivity contribution in [1.29, 1.82) is 0 Å². The van der Waals surface area contributed by atoms with Gasteiger partial charge < -0.3 is 10.0 Å². The van der Waals surface area contributed by atoms with Crippen LogP contribution < -0.4 is 4.90 Å². The molecule has 0 unspecified atom stereocenters. The van der Waals surface area contributed by atoms with Crippen molar-refractivity contribution in [2.45, 2.75) is 32.6 Å². The molecule has 0 aliphatic carbocycles. The molecule has 0 spiro atoms. The third-order valence-electron chi connectivity index (χ3n) is 4.07. The number of anilines is 1. The molecule has 0 atom stereocenters. The zero-order chi connectivity index (χ0) is 15.0. The van der Waals surface area contributed by atoms with Crippen LogP contribution in [0.4, 0.5) is 5.82 Å². The predicted molar refractivity (Wildman–Crippen MR) is 80.6 cm³/mol. The molecule has 21 heavy (non-hydrogen) atoms. The molecule has 1 saturated heterocycles. The van der Waals surface area contributed by atoms with Crippen LogP contribution in [0.1, 0.15) is 30.5 Å². The summed E-state index contributed by atoms with van der Waals surface area (Å²) >= 11 is 0. The number of hydrogen-bond donors (Lipinski definition) is 1. The minimum absolute atomic E-state index is 0.132. The molecule has 6 nitrogen and oxygen atoms in total. The van der Waals surface area contributed by atoms with Gasteiger partial charge in [-0.1, -0.05) is 0 Å². The van der Waals surface area contributed by atoms with E-state index < -0.39 is 5.97 Å². The van der Waals surface area contributed by atoms with Gasteiger partial charge in [0.25, 0.3) is 0 Å². The van der Waals surface area contributed by atoms with Gasteiger partial charge in [0.05, 0.1) is 5.69 Å². The first-order valence-corrected chi connectivity index (χ1v) is 7.36. The Morgan fingerprint density at radius 2 is 2.10 bits per heavy atom. The van der Waals surface area contributed by atoms with Crippen molar-refractivity contribution in [3.8, 4) is 0 Å². The summed E-state index contributed by atoms with van der Waals surface area (Å²) < 4.78 is 1.80. The molecule has 112 valence electrons. The van der Waals surface area contributed by atoms with Crippen LogP contribution in [0.5, 0.6) is 0 Å². The van der Waals surface area contributed by atoms with E-state index >= 15 is 0 Å². The van der Waals surface area contributed by atoms with E-state index in [4.69, 9.17) is 10.1 Å². The summed E-state index contributed by atoms with van der Waals surface area (Å²) in [6, 6.07) is 2.07. The van der Waals surface area contributed by atoms with Gasteiger partial charge in [-0.3, -0.25) is 9.48 Å². The van der Waals surface area contributed by atoms with Crippen molar-refractivity contribution in [1.82, 2.24) is 14.8 Å². The first-order valence-electron chi connectivity index (χ1n) is 7.36. The summed E-state index contributed by atoms with van der Waals surface area (Å²) in [5.74, 6) is 0.162. The zero-order valence-electron chi connectivity index (χ0n) is 12.5. The maximum absolute atomic E-state index is 10.9. The van der Waals surface area contributed by atoms with Crippen molar-refractivity contribution in [3.63, 3.8) is 0 Å². The first kappa shape index (κ1) is 13.9. The predicted octanol–water partition coefficient (Wildman–Crippen LogP) is 1.89. The number of pyridine rings is 1. The largest absolute Gasteiger partial charge is 0.481 e. The number of rotatable bonds is 4. The Morgan fingerprint density at radius 1 is 1.38 bits per heavy atom. The second-order valence-electron chi connectivity index (χ2n) is 5.64. The van der Waals surface area contributed by atoms with Gasteiger partial charge in [-0.25, -0.2) is 4.98 Å². The van der Waals surface area contributed by atoms with Crippen molar-refractivity contribution in [3.05, 3.63) is 17.3 Å². The van der Waals surface area contributed by atoms with E-state index in [-0.39, 0.29) is 6.42 Å². The fourth-order valence-corrected chi connectivity index (χ4v) is 3.00. The normalized spacial score (nSPS) is 15.0. The maximum Gasteiger partial charge on any atom is 0.303 e. The van der Waals surface area contributed by atoms with Gasteiger partial charge in [0.15, 0.2) is 5.65 Å². The van der Waals surface area contributed by atoms with Crippen molar-refractivity contribution >= 4 is 22.8 Å². The molecule has 1 aliphatic rings. The van der Waals surface area contributed by atoms with Gasteiger partial charge in [0.1, 0.15) is 5.82 Å². The average Bonchev–Trinajstić information content (AvgIpc) is 3.05. The summed E-state index contributed by atoms with van der Waals surface area (Å²) in [5.41, 5.74) is 2.82. The summed E-state index contributed by atoms with van der Waals surface area (Å²) in [4.78, 5) is 17.9. The number of carbonyl (C=O) groups is 1. The Hall–Kier alpha value is -2.11. The van der Waals surface area contributed by atoms with Crippen molar-refractivity contribution < 1.29 is 9.90 Å². The minimum Gasteiger partial charge on any atom is -0.481 e. The molecule has 1 aliphatic heterocycles. The molecule has 0 radical (unpaired) electrons. The fraction of sp³-hybridized carbons (Fsp3) is 0.533. The van der Waals surface area contributed by atoms with Crippen LogP contribution in [0.3, 0.4) is 0 Å². The molecule has 6 heteroatoms. The number of carboxylic acids is 1.